The van der Waals surface area contributed by atoms with Crippen molar-refractivity contribution in [1.82, 2.24) is 5.32 Å². The van der Waals surface area contributed by atoms with Gasteiger partial charge in [0.05, 0.1) is 23.7 Å². The number of fused-ring (bicyclic) bond motifs is 1. The molecule has 1 N–H and O–H groups in total. The van der Waals surface area contributed by atoms with Crippen LogP contribution >= 0.6 is 0 Å². The number of carbonyl (C=O) groups is 1. The maximum absolute atomic E-state index is 13.7. The number of rotatable bonds is 7. The van der Waals surface area contributed by atoms with Crippen LogP contribution in [0.3, 0.4) is 0 Å². The number of benzene rings is 3. The molecule has 0 aliphatic carbocycles. The fourth-order valence-electron chi connectivity index (χ4n) is 4.37. The molecule has 1 aliphatic heterocycles. The van der Waals surface area contributed by atoms with Gasteiger partial charge in [0, 0.05) is 12.0 Å². The number of methoxy groups -OCH3 is 1. The van der Waals surface area contributed by atoms with E-state index in [1.54, 1.807) is 24.3 Å². The summed E-state index contributed by atoms with van der Waals surface area (Å²) in [5.74, 6) is 0.871. The molecule has 0 radical (unpaired) electrons. The Bertz CT molecular complexity index is 1350. The Morgan fingerprint density at radius 1 is 1.03 bits per heavy atom. The molecule has 1 aliphatic rings. The molecule has 0 aromatic heterocycles. The monoisotopic (exact) mass is 508 g/mol. The van der Waals surface area contributed by atoms with Gasteiger partial charge in [0.25, 0.3) is 10.0 Å². The van der Waals surface area contributed by atoms with Gasteiger partial charge >= 0.3 is 0 Å². The molecule has 0 bridgehead atoms. The van der Waals surface area contributed by atoms with Crippen LogP contribution in [0.2, 0.25) is 0 Å². The van der Waals surface area contributed by atoms with Gasteiger partial charge in [-0.25, -0.2) is 8.42 Å². The first-order valence-electron chi connectivity index (χ1n) is 11.8. The van der Waals surface area contributed by atoms with Crippen molar-refractivity contribution in [1.29, 1.82) is 0 Å². The second kappa shape index (κ2) is 9.85. The first kappa shape index (κ1) is 25.6. The molecule has 36 heavy (non-hydrogen) atoms. The quantitative estimate of drug-likeness (QED) is 0.489. The van der Waals surface area contributed by atoms with E-state index in [1.165, 1.54) is 19.2 Å². The van der Waals surface area contributed by atoms with Crippen molar-refractivity contribution in [3.8, 4) is 11.5 Å². The molecule has 1 atom stereocenters. The Morgan fingerprint density at radius 2 is 1.67 bits per heavy atom. The molecular formula is C28H32N2O5S. The smallest absolute Gasteiger partial charge is 0.264 e. The van der Waals surface area contributed by atoms with Gasteiger partial charge in [0.1, 0.15) is 23.6 Å². The van der Waals surface area contributed by atoms with Crippen LogP contribution in [0.5, 0.6) is 11.5 Å². The lowest BCUT2D eigenvalue weighted by Crippen LogP contribution is -2.45. The van der Waals surface area contributed by atoms with Gasteiger partial charge in [-0.05, 0) is 70.2 Å². The van der Waals surface area contributed by atoms with Gasteiger partial charge in [0.15, 0.2) is 0 Å². The second-order valence-electron chi connectivity index (χ2n) is 9.75. The van der Waals surface area contributed by atoms with Gasteiger partial charge in [-0.15, -0.1) is 0 Å². The maximum atomic E-state index is 13.7. The molecule has 3 aromatic carbocycles. The van der Waals surface area contributed by atoms with Crippen LogP contribution in [0, 0.1) is 13.8 Å². The molecule has 0 saturated heterocycles. The van der Waals surface area contributed by atoms with Gasteiger partial charge in [-0.3, -0.25) is 9.10 Å². The zero-order valence-electron chi connectivity index (χ0n) is 21.2. The Kier molecular flexibility index (Phi) is 7.00. The largest absolute Gasteiger partial charge is 0.497 e. The van der Waals surface area contributed by atoms with E-state index in [9.17, 15) is 13.2 Å². The molecule has 0 spiro atoms. The van der Waals surface area contributed by atoms with Crippen molar-refractivity contribution in [3.05, 3.63) is 83.4 Å². The number of carbonyl (C=O) groups excluding carboxylic acids is 1. The fourth-order valence-corrected chi connectivity index (χ4v) is 5.80. The molecule has 7 nitrogen and oxygen atoms in total. The highest BCUT2D eigenvalue weighted by Gasteiger charge is 2.35. The lowest BCUT2D eigenvalue weighted by atomic mass is 9.89. The SMILES string of the molecule is COc1ccc(S(=O)(=O)N(CC(=O)NC2CC(C)(C)Oc3ccc(C)cc32)c2ccc(C)cc2)cc1. The number of aryl methyl sites for hydroxylation is 2. The molecule has 8 heteroatoms. The Balaban J connectivity index is 1.65. The number of sulfonamides is 1. The van der Waals surface area contributed by atoms with Gasteiger partial charge in [0.2, 0.25) is 5.91 Å². The molecule has 190 valence electrons. The summed E-state index contributed by atoms with van der Waals surface area (Å²) >= 11 is 0. The lowest BCUT2D eigenvalue weighted by molar-refractivity contribution is -0.120. The van der Waals surface area contributed by atoms with Crippen molar-refractivity contribution >= 4 is 21.6 Å². The molecular weight excluding hydrogens is 476 g/mol. The highest BCUT2D eigenvalue weighted by Crippen LogP contribution is 2.40. The summed E-state index contributed by atoms with van der Waals surface area (Å²) in [6, 6.07) is 18.8. The molecule has 0 fully saturated rings. The van der Waals surface area contributed by atoms with Crippen molar-refractivity contribution < 1.29 is 22.7 Å². The number of nitrogens with zero attached hydrogens (tertiary/aromatic N) is 1. The summed E-state index contributed by atoms with van der Waals surface area (Å²) in [4.78, 5) is 13.4. The van der Waals surface area contributed by atoms with Crippen LogP contribution in [-0.2, 0) is 14.8 Å². The zero-order chi connectivity index (χ0) is 26.1. The third-order valence-electron chi connectivity index (χ3n) is 6.21. The fraction of sp³-hybridized carbons (Fsp3) is 0.321. The van der Waals surface area contributed by atoms with E-state index in [2.05, 4.69) is 5.32 Å². The standard InChI is InChI=1S/C28H32N2O5S/c1-19-6-9-21(10-7-19)30(36(32,33)23-13-11-22(34-5)12-14-23)18-27(31)29-25-17-28(3,4)35-26-15-8-20(2)16-24(25)26/h6-16,25H,17-18H2,1-5H3,(H,29,31). The third kappa shape index (κ3) is 5.49. The molecule has 0 saturated carbocycles. The molecule has 4 rings (SSSR count). The normalized spacial score (nSPS) is 16.4. The van der Waals surface area contributed by atoms with E-state index in [1.807, 2.05) is 58.0 Å². The van der Waals surface area contributed by atoms with Crippen LogP contribution in [0.1, 0.15) is 43.0 Å². The number of nitrogens with one attached hydrogen (secondary N) is 1. The molecule has 3 aromatic rings. The topological polar surface area (TPSA) is 84.9 Å². The summed E-state index contributed by atoms with van der Waals surface area (Å²) in [7, 11) is -2.51. The van der Waals surface area contributed by atoms with Crippen LogP contribution in [0.25, 0.3) is 0 Å². The summed E-state index contributed by atoms with van der Waals surface area (Å²) in [5, 5.41) is 3.07. The zero-order valence-corrected chi connectivity index (χ0v) is 22.1. The van der Waals surface area contributed by atoms with E-state index >= 15 is 0 Å². The molecule has 1 amide bonds. The Hall–Kier alpha value is -3.52. The summed E-state index contributed by atoms with van der Waals surface area (Å²) in [6.07, 6.45) is 0.560. The van der Waals surface area contributed by atoms with Crippen LogP contribution < -0.4 is 19.1 Å². The van der Waals surface area contributed by atoms with E-state index in [-0.39, 0.29) is 17.5 Å². The van der Waals surface area contributed by atoms with Crippen molar-refractivity contribution in [2.45, 2.75) is 50.7 Å². The minimum Gasteiger partial charge on any atom is -0.497 e. The Labute approximate surface area is 213 Å². The predicted octanol–water partition coefficient (Wildman–Crippen LogP) is 4.93. The van der Waals surface area contributed by atoms with Crippen molar-refractivity contribution in [3.63, 3.8) is 0 Å². The Morgan fingerprint density at radius 3 is 2.31 bits per heavy atom. The third-order valence-corrected chi connectivity index (χ3v) is 8.00. The summed E-state index contributed by atoms with van der Waals surface area (Å²) in [6.45, 7) is 7.49. The van der Waals surface area contributed by atoms with Crippen molar-refractivity contribution in [2.75, 3.05) is 18.0 Å². The van der Waals surface area contributed by atoms with E-state index in [0.717, 1.165) is 26.7 Å². The number of hydrogen-bond acceptors (Lipinski definition) is 5. The minimum absolute atomic E-state index is 0.0739. The first-order valence-corrected chi connectivity index (χ1v) is 13.2. The lowest BCUT2D eigenvalue weighted by Gasteiger charge is -2.38. The average Bonchev–Trinajstić information content (AvgIpc) is 2.83. The van der Waals surface area contributed by atoms with E-state index in [0.29, 0.717) is 17.9 Å². The maximum Gasteiger partial charge on any atom is 0.264 e. The number of hydrogen-bond donors (Lipinski definition) is 1. The van der Waals surface area contributed by atoms with Crippen molar-refractivity contribution in [2.24, 2.45) is 0 Å². The molecule has 1 unspecified atom stereocenters. The van der Waals surface area contributed by atoms with E-state index < -0.39 is 21.5 Å². The highest BCUT2D eigenvalue weighted by atomic mass is 32.2. The van der Waals surface area contributed by atoms with Gasteiger partial charge in [-0.1, -0.05) is 35.4 Å². The number of amides is 1. The average molecular weight is 509 g/mol. The van der Waals surface area contributed by atoms with Crippen LogP contribution in [0.4, 0.5) is 5.69 Å². The first-order chi connectivity index (χ1) is 17.0. The van der Waals surface area contributed by atoms with Crippen LogP contribution in [0.15, 0.2) is 71.6 Å². The number of anilines is 1. The minimum atomic E-state index is -4.03. The second-order valence-corrected chi connectivity index (χ2v) is 11.6. The molecule has 1 heterocycles. The van der Waals surface area contributed by atoms with Gasteiger partial charge < -0.3 is 14.8 Å². The summed E-state index contributed by atoms with van der Waals surface area (Å²) < 4.78 is 39.8. The van der Waals surface area contributed by atoms with Crippen LogP contribution in [-0.4, -0.2) is 33.6 Å². The highest BCUT2D eigenvalue weighted by molar-refractivity contribution is 7.92. The van der Waals surface area contributed by atoms with E-state index in [4.69, 9.17) is 9.47 Å². The number of ether oxygens (including phenoxy) is 2. The predicted molar refractivity (Wildman–Crippen MR) is 140 cm³/mol. The summed E-state index contributed by atoms with van der Waals surface area (Å²) in [5.41, 5.74) is 2.87. The van der Waals surface area contributed by atoms with Gasteiger partial charge in [-0.2, -0.15) is 0 Å².